The number of hydrogen-bond acceptors (Lipinski definition) is 6. The first-order valence-corrected chi connectivity index (χ1v) is 8.73. The van der Waals surface area contributed by atoms with Crippen LogP contribution in [-0.4, -0.2) is 44.5 Å². The van der Waals surface area contributed by atoms with E-state index in [2.05, 4.69) is 15.5 Å². The lowest BCUT2D eigenvalue weighted by molar-refractivity contribution is 0.0912. The second-order valence-corrected chi connectivity index (χ2v) is 6.75. The molecule has 2 heterocycles. The number of aryl methyl sites for hydroxylation is 2. The molecule has 0 unspecified atom stereocenters. The lowest BCUT2D eigenvalue weighted by Gasteiger charge is -2.10. The Kier molecular flexibility index (Phi) is 5.07. The van der Waals surface area contributed by atoms with E-state index in [0.717, 1.165) is 36.1 Å². The van der Waals surface area contributed by atoms with E-state index < -0.39 is 0 Å². The molecule has 3 rings (SSSR count). The minimum atomic E-state index is 0.0965. The molecule has 0 aliphatic carbocycles. The molecule has 7 heteroatoms. The van der Waals surface area contributed by atoms with Gasteiger partial charge in [-0.2, -0.15) is 0 Å². The van der Waals surface area contributed by atoms with Crippen LogP contribution in [0, 0.1) is 13.8 Å². The van der Waals surface area contributed by atoms with Crippen molar-refractivity contribution in [3.05, 3.63) is 34.9 Å². The lowest BCUT2D eigenvalue weighted by atomic mass is 10.0. The van der Waals surface area contributed by atoms with Gasteiger partial charge in [0.25, 0.3) is 0 Å². The molecule has 0 bridgehead atoms. The first-order chi connectivity index (χ1) is 11.1. The highest BCUT2D eigenvalue weighted by Gasteiger charge is 2.19. The van der Waals surface area contributed by atoms with Crippen molar-refractivity contribution in [2.75, 3.05) is 12.4 Å². The number of ketones is 1. The maximum atomic E-state index is 12.4. The fourth-order valence-corrected chi connectivity index (χ4v) is 3.50. The average molecular weight is 332 g/mol. The molecular formula is C16H20N4O2S. The van der Waals surface area contributed by atoms with E-state index in [0.29, 0.717) is 17.5 Å². The van der Waals surface area contributed by atoms with Crippen LogP contribution < -0.4 is 0 Å². The summed E-state index contributed by atoms with van der Waals surface area (Å²) in [5.41, 5.74) is 2.93. The normalized spacial score (nSPS) is 17.6. The van der Waals surface area contributed by atoms with Gasteiger partial charge in [-0.3, -0.25) is 4.79 Å². The Morgan fingerprint density at radius 1 is 1.43 bits per heavy atom. The van der Waals surface area contributed by atoms with Crippen molar-refractivity contribution in [1.29, 1.82) is 0 Å². The summed E-state index contributed by atoms with van der Waals surface area (Å²) in [4.78, 5) is 12.4. The minimum absolute atomic E-state index is 0.0965. The Morgan fingerprint density at radius 2 is 2.30 bits per heavy atom. The zero-order chi connectivity index (χ0) is 16.2. The monoisotopic (exact) mass is 332 g/mol. The van der Waals surface area contributed by atoms with Crippen LogP contribution >= 0.6 is 11.8 Å². The van der Waals surface area contributed by atoms with Crippen LogP contribution in [-0.2, 0) is 11.3 Å². The predicted molar refractivity (Wildman–Crippen MR) is 87.8 cm³/mol. The first kappa shape index (κ1) is 16.1. The highest BCUT2D eigenvalue weighted by atomic mass is 32.2. The van der Waals surface area contributed by atoms with Crippen LogP contribution in [0.4, 0.5) is 0 Å². The Morgan fingerprint density at radius 3 is 3.04 bits per heavy atom. The number of nitrogens with zero attached hydrogens (tertiary/aromatic N) is 4. The number of aromatic nitrogens is 4. The molecule has 0 spiro atoms. The van der Waals surface area contributed by atoms with Gasteiger partial charge in [0.05, 0.1) is 18.4 Å². The number of tetrazole rings is 1. The zero-order valence-corrected chi connectivity index (χ0v) is 14.2. The Balaban J connectivity index is 1.62. The zero-order valence-electron chi connectivity index (χ0n) is 13.4. The molecule has 23 heavy (non-hydrogen) atoms. The van der Waals surface area contributed by atoms with Crippen molar-refractivity contribution in [1.82, 2.24) is 20.2 Å². The number of rotatable bonds is 6. The van der Waals surface area contributed by atoms with Gasteiger partial charge in [-0.1, -0.05) is 35.5 Å². The smallest absolute Gasteiger partial charge is 0.209 e. The van der Waals surface area contributed by atoms with Gasteiger partial charge < -0.3 is 4.74 Å². The number of thioether (sulfide) groups is 1. The van der Waals surface area contributed by atoms with Gasteiger partial charge in [0.1, 0.15) is 0 Å². The Bertz CT molecular complexity index is 695. The largest absolute Gasteiger partial charge is 0.376 e. The quantitative estimate of drug-likeness (QED) is 0.598. The van der Waals surface area contributed by atoms with Crippen molar-refractivity contribution < 1.29 is 9.53 Å². The molecule has 2 aromatic rings. The molecule has 1 aliphatic rings. The van der Waals surface area contributed by atoms with Crippen molar-refractivity contribution in [2.24, 2.45) is 0 Å². The fraction of sp³-hybridized carbons (Fsp3) is 0.500. The molecule has 1 aliphatic heterocycles. The van der Waals surface area contributed by atoms with E-state index in [1.807, 2.05) is 32.0 Å². The molecule has 1 fully saturated rings. The maximum absolute atomic E-state index is 12.4. The van der Waals surface area contributed by atoms with Crippen molar-refractivity contribution in [2.45, 2.75) is 44.5 Å². The fourth-order valence-electron chi connectivity index (χ4n) is 2.73. The van der Waals surface area contributed by atoms with Gasteiger partial charge >= 0.3 is 0 Å². The van der Waals surface area contributed by atoms with Crippen LogP contribution in [0.1, 0.15) is 34.3 Å². The second kappa shape index (κ2) is 7.23. The third kappa shape index (κ3) is 3.97. The molecule has 1 saturated heterocycles. The SMILES string of the molecule is Cc1ccc(C(=O)CSc2nnnn2C[C@@H]2CCCO2)c(C)c1. The summed E-state index contributed by atoms with van der Waals surface area (Å²) in [6.07, 6.45) is 2.29. The molecule has 122 valence electrons. The highest BCUT2D eigenvalue weighted by Crippen LogP contribution is 2.20. The summed E-state index contributed by atoms with van der Waals surface area (Å²) >= 11 is 1.37. The summed E-state index contributed by atoms with van der Waals surface area (Å²) < 4.78 is 7.34. The Labute approximate surface area is 139 Å². The molecule has 0 saturated carbocycles. The topological polar surface area (TPSA) is 69.9 Å². The van der Waals surface area contributed by atoms with Crippen LogP contribution in [0.2, 0.25) is 0 Å². The Hall–Kier alpha value is -1.73. The van der Waals surface area contributed by atoms with E-state index in [9.17, 15) is 4.79 Å². The summed E-state index contributed by atoms with van der Waals surface area (Å²) in [7, 11) is 0. The molecule has 1 aromatic heterocycles. The molecule has 0 N–H and O–H groups in total. The third-order valence-corrected chi connectivity index (χ3v) is 4.87. The summed E-state index contributed by atoms with van der Waals surface area (Å²) in [6, 6.07) is 5.88. The third-order valence-electron chi connectivity index (χ3n) is 3.91. The minimum Gasteiger partial charge on any atom is -0.376 e. The molecular weight excluding hydrogens is 312 g/mol. The number of ether oxygens (including phenoxy) is 1. The van der Waals surface area contributed by atoms with Gasteiger partial charge in [-0.15, -0.1) is 5.10 Å². The van der Waals surface area contributed by atoms with Gasteiger partial charge in [-0.25, -0.2) is 4.68 Å². The van der Waals surface area contributed by atoms with Gasteiger partial charge in [0, 0.05) is 12.2 Å². The number of carbonyl (C=O) groups is 1. The van der Waals surface area contributed by atoms with Gasteiger partial charge in [0.15, 0.2) is 5.78 Å². The van der Waals surface area contributed by atoms with E-state index in [1.54, 1.807) is 4.68 Å². The van der Waals surface area contributed by atoms with E-state index >= 15 is 0 Å². The van der Waals surface area contributed by atoms with Crippen molar-refractivity contribution >= 4 is 17.5 Å². The summed E-state index contributed by atoms with van der Waals surface area (Å²) in [5, 5.41) is 12.4. The predicted octanol–water partition coefficient (Wildman–Crippen LogP) is 2.44. The van der Waals surface area contributed by atoms with Crippen LogP contribution in [0.3, 0.4) is 0 Å². The summed E-state index contributed by atoms with van der Waals surface area (Å²) in [5.74, 6) is 0.426. The molecule has 1 aromatic carbocycles. The van der Waals surface area contributed by atoms with Crippen LogP contribution in [0.15, 0.2) is 23.4 Å². The van der Waals surface area contributed by atoms with Crippen LogP contribution in [0.5, 0.6) is 0 Å². The number of carbonyl (C=O) groups excluding carboxylic acids is 1. The highest BCUT2D eigenvalue weighted by molar-refractivity contribution is 7.99. The molecule has 6 nitrogen and oxygen atoms in total. The van der Waals surface area contributed by atoms with Gasteiger partial charge in [0.2, 0.25) is 5.16 Å². The van der Waals surface area contributed by atoms with E-state index in [1.165, 1.54) is 11.8 Å². The van der Waals surface area contributed by atoms with E-state index in [-0.39, 0.29) is 11.9 Å². The van der Waals surface area contributed by atoms with E-state index in [4.69, 9.17) is 4.74 Å². The maximum Gasteiger partial charge on any atom is 0.209 e. The van der Waals surface area contributed by atoms with Crippen LogP contribution in [0.25, 0.3) is 0 Å². The number of benzene rings is 1. The lowest BCUT2D eigenvalue weighted by Crippen LogP contribution is -2.17. The van der Waals surface area contributed by atoms with Gasteiger partial charge in [-0.05, 0) is 42.7 Å². The van der Waals surface area contributed by atoms with Crippen molar-refractivity contribution in [3.63, 3.8) is 0 Å². The van der Waals surface area contributed by atoms with Crippen molar-refractivity contribution in [3.8, 4) is 0 Å². The standard InChI is InChI=1S/C16H20N4O2S/c1-11-5-6-14(12(2)8-11)15(21)10-23-16-17-18-19-20(16)9-13-4-3-7-22-13/h5-6,8,13H,3-4,7,9-10H2,1-2H3/t13-/m0/s1. The molecule has 1 atom stereocenters. The second-order valence-electron chi connectivity index (χ2n) is 5.81. The molecule has 0 amide bonds. The summed E-state index contributed by atoms with van der Waals surface area (Å²) in [6.45, 7) is 5.44. The average Bonchev–Trinajstić information content (AvgIpc) is 3.17. The molecule has 0 radical (unpaired) electrons. The number of Topliss-reactive ketones (excluding diaryl/α,β-unsaturated/α-hetero) is 1. The number of hydrogen-bond donors (Lipinski definition) is 0. The first-order valence-electron chi connectivity index (χ1n) is 7.74.